The van der Waals surface area contributed by atoms with Gasteiger partial charge in [-0.1, -0.05) is 6.07 Å². The van der Waals surface area contributed by atoms with Crippen molar-refractivity contribution >= 4 is 35.8 Å². The first kappa shape index (κ1) is 22.5. The number of benzene rings is 1. The maximum absolute atomic E-state index is 11.6. The largest absolute Gasteiger partial charge is 0.492 e. The monoisotopic (exact) mass is 448 g/mol. The van der Waals surface area contributed by atoms with Crippen LogP contribution >= 0.6 is 24.0 Å². The molecule has 0 aliphatic carbocycles. The fourth-order valence-electron chi connectivity index (χ4n) is 1.98. The van der Waals surface area contributed by atoms with E-state index in [-0.39, 0.29) is 36.4 Å². The number of amides is 1. The van der Waals surface area contributed by atoms with E-state index in [9.17, 15) is 4.79 Å². The molecular weight excluding hydrogens is 419 g/mol. The number of aliphatic imine (C=N–C) groups is 1. The molecule has 6 nitrogen and oxygen atoms in total. The Bertz CT molecular complexity index is 527. The number of likely N-dealkylation sites (N-methyl/N-ethyl adjacent to an activating group) is 1. The number of carbonyl (C=O) groups excluding carboxylic acids is 1. The van der Waals surface area contributed by atoms with E-state index in [0.29, 0.717) is 19.1 Å². The van der Waals surface area contributed by atoms with Crippen LogP contribution < -0.4 is 15.4 Å². The summed E-state index contributed by atoms with van der Waals surface area (Å²) in [7, 11) is 3.44. The van der Waals surface area contributed by atoms with Gasteiger partial charge in [-0.2, -0.15) is 0 Å². The minimum absolute atomic E-state index is 0. The van der Waals surface area contributed by atoms with Crippen LogP contribution in [0.1, 0.15) is 18.1 Å². The van der Waals surface area contributed by atoms with Crippen LogP contribution in [-0.4, -0.2) is 57.1 Å². The number of guanidine groups is 1. The number of aryl methyl sites for hydroxylation is 2. The number of carbonyl (C=O) groups is 1. The SMILES string of the molecule is CCNC(=NCC(=O)N(C)C)NCCOc1cc(C)cc(C)c1.I. The maximum atomic E-state index is 11.6. The lowest BCUT2D eigenvalue weighted by Gasteiger charge is -2.13. The van der Waals surface area contributed by atoms with Gasteiger partial charge in [-0.15, -0.1) is 24.0 Å². The highest BCUT2D eigenvalue weighted by Crippen LogP contribution is 2.15. The Morgan fingerprint density at radius 3 is 2.33 bits per heavy atom. The Kier molecular flexibility index (Phi) is 11.2. The fourth-order valence-corrected chi connectivity index (χ4v) is 1.98. The van der Waals surface area contributed by atoms with E-state index in [1.54, 1.807) is 14.1 Å². The van der Waals surface area contributed by atoms with Gasteiger partial charge >= 0.3 is 0 Å². The second-order valence-corrected chi connectivity index (χ2v) is 5.58. The third-order valence-corrected chi connectivity index (χ3v) is 3.07. The van der Waals surface area contributed by atoms with Crippen LogP contribution in [0.5, 0.6) is 5.75 Å². The van der Waals surface area contributed by atoms with Crippen LogP contribution in [0.3, 0.4) is 0 Å². The van der Waals surface area contributed by atoms with E-state index in [1.165, 1.54) is 16.0 Å². The van der Waals surface area contributed by atoms with Gasteiger partial charge in [0.15, 0.2) is 5.96 Å². The van der Waals surface area contributed by atoms with Gasteiger partial charge in [0.1, 0.15) is 18.9 Å². The molecule has 0 fully saturated rings. The summed E-state index contributed by atoms with van der Waals surface area (Å²) in [6.07, 6.45) is 0. The van der Waals surface area contributed by atoms with Gasteiger partial charge in [-0.05, 0) is 44.0 Å². The first-order valence-corrected chi connectivity index (χ1v) is 7.85. The van der Waals surface area contributed by atoms with Gasteiger partial charge in [-0.3, -0.25) is 4.79 Å². The fraction of sp³-hybridized carbons (Fsp3) is 0.529. The van der Waals surface area contributed by atoms with E-state index in [0.717, 1.165) is 12.3 Å². The molecule has 0 aliphatic heterocycles. The zero-order valence-corrected chi connectivity index (χ0v) is 17.5. The van der Waals surface area contributed by atoms with Crippen LogP contribution in [0, 0.1) is 13.8 Å². The molecule has 1 aromatic rings. The van der Waals surface area contributed by atoms with Gasteiger partial charge < -0.3 is 20.3 Å². The summed E-state index contributed by atoms with van der Waals surface area (Å²) >= 11 is 0. The summed E-state index contributed by atoms with van der Waals surface area (Å²) in [6.45, 7) is 8.08. The molecule has 0 heterocycles. The van der Waals surface area contributed by atoms with Crippen LogP contribution in [-0.2, 0) is 4.79 Å². The molecule has 7 heteroatoms. The summed E-state index contributed by atoms with van der Waals surface area (Å²) in [5, 5.41) is 6.26. The molecule has 0 bridgehead atoms. The Morgan fingerprint density at radius 2 is 1.79 bits per heavy atom. The standard InChI is InChI=1S/C17H28N4O2.HI/c1-6-18-17(20-12-16(22)21(4)5)19-7-8-23-15-10-13(2)9-14(3)11-15;/h9-11H,6-8,12H2,1-5H3,(H2,18,19,20);1H. The van der Waals surface area contributed by atoms with Gasteiger partial charge in [0, 0.05) is 20.6 Å². The zero-order valence-electron chi connectivity index (χ0n) is 15.2. The molecule has 0 unspecified atom stereocenters. The number of hydrogen-bond acceptors (Lipinski definition) is 3. The molecule has 136 valence electrons. The predicted molar refractivity (Wildman–Crippen MR) is 110 cm³/mol. The van der Waals surface area contributed by atoms with Gasteiger partial charge in [0.2, 0.25) is 5.91 Å². The highest BCUT2D eigenvalue weighted by Gasteiger charge is 2.04. The molecule has 0 spiro atoms. The molecule has 24 heavy (non-hydrogen) atoms. The van der Waals surface area contributed by atoms with Gasteiger partial charge in [0.05, 0.1) is 6.54 Å². The molecule has 1 aromatic carbocycles. The highest BCUT2D eigenvalue weighted by atomic mass is 127. The van der Waals surface area contributed by atoms with Crippen molar-refractivity contribution in [3.63, 3.8) is 0 Å². The van der Waals surface area contributed by atoms with Gasteiger partial charge in [0.25, 0.3) is 0 Å². The van der Waals surface area contributed by atoms with Crippen molar-refractivity contribution in [2.45, 2.75) is 20.8 Å². The van der Waals surface area contributed by atoms with E-state index in [4.69, 9.17) is 4.74 Å². The number of nitrogens with zero attached hydrogens (tertiary/aromatic N) is 2. The second kappa shape index (κ2) is 11.9. The summed E-state index contributed by atoms with van der Waals surface area (Å²) in [5.41, 5.74) is 2.37. The summed E-state index contributed by atoms with van der Waals surface area (Å²) in [6, 6.07) is 6.15. The number of hydrogen-bond donors (Lipinski definition) is 2. The van der Waals surface area contributed by atoms with Crippen LogP contribution in [0.4, 0.5) is 0 Å². The van der Waals surface area contributed by atoms with E-state index < -0.39 is 0 Å². The average molecular weight is 448 g/mol. The molecule has 0 saturated heterocycles. The molecular formula is C17H29IN4O2. The minimum Gasteiger partial charge on any atom is -0.492 e. The Hall–Kier alpha value is -1.51. The lowest BCUT2D eigenvalue weighted by Crippen LogP contribution is -2.40. The first-order valence-electron chi connectivity index (χ1n) is 7.85. The molecule has 0 atom stereocenters. The Morgan fingerprint density at radius 1 is 1.17 bits per heavy atom. The molecule has 0 aromatic heterocycles. The van der Waals surface area contributed by atoms with E-state index in [1.807, 2.05) is 19.1 Å². The van der Waals surface area contributed by atoms with Crippen molar-refractivity contribution < 1.29 is 9.53 Å². The highest BCUT2D eigenvalue weighted by molar-refractivity contribution is 14.0. The molecule has 2 N–H and O–H groups in total. The number of nitrogens with one attached hydrogen (secondary N) is 2. The van der Waals surface area contributed by atoms with Crippen LogP contribution in [0.15, 0.2) is 23.2 Å². The molecule has 1 amide bonds. The van der Waals surface area contributed by atoms with Crippen LogP contribution in [0.25, 0.3) is 0 Å². The van der Waals surface area contributed by atoms with Crippen molar-refractivity contribution in [3.8, 4) is 5.75 Å². The topological polar surface area (TPSA) is 66.0 Å². The van der Waals surface area contributed by atoms with Crippen LogP contribution in [0.2, 0.25) is 0 Å². The summed E-state index contributed by atoms with van der Waals surface area (Å²) < 4.78 is 5.74. The van der Waals surface area contributed by atoms with Crippen molar-refractivity contribution in [1.82, 2.24) is 15.5 Å². The normalized spacial score (nSPS) is 10.6. The average Bonchev–Trinajstić information content (AvgIpc) is 2.47. The Balaban J connectivity index is 0.00000529. The van der Waals surface area contributed by atoms with Crippen molar-refractivity contribution in [2.24, 2.45) is 4.99 Å². The molecule has 0 radical (unpaired) electrons. The summed E-state index contributed by atoms with van der Waals surface area (Å²) in [4.78, 5) is 17.3. The second-order valence-electron chi connectivity index (χ2n) is 5.58. The van der Waals surface area contributed by atoms with Gasteiger partial charge in [-0.25, -0.2) is 4.99 Å². The van der Waals surface area contributed by atoms with E-state index in [2.05, 4.69) is 35.5 Å². The maximum Gasteiger partial charge on any atom is 0.243 e. The lowest BCUT2D eigenvalue weighted by molar-refractivity contribution is -0.127. The number of ether oxygens (including phenoxy) is 1. The smallest absolute Gasteiger partial charge is 0.243 e. The number of halogens is 1. The van der Waals surface area contributed by atoms with Crippen molar-refractivity contribution in [1.29, 1.82) is 0 Å². The lowest BCUT2D eigenvalue weighted by atomic mass is 10.1. The first-order chi connectivity index (χ1) is 10.9. The molecule has 0 aliphatic rings. The van der Waals surface area contributed by atoms with E-state index >= 15 is 0 Å². The number of rotatable bonds is 7. The predicted octanol–water partition coefficient (Wildman–Crippen LogP) is 1.94. The third-order valence-electron chi connectivity index (χ3n) is 3.07. The van der Waals surface area contributed by atoms with Crippen molar-refractivity contribution in [3.05, 3.63) is 29.3 Å². The molecule has 0 saturated carbocycles. The third kappa shape index (κ3) is 8.95. The molecule has 1 rings (SSSR count). The summed E-state index contributed by atoms with van der Waals surface area (Å²) in [5.74, 6) is 1.45. The quantitative estimate of drug-likeness (QED) is 0.290. The zero-order chi connectivity index (χ0) is 17.2. The van der Waals surface area contributed by atoms with Crippen molar-refractivity contribution in [2.75, 3.05) is 40.3 Å². The Labute approximate surface area is 162 Å². The minimum atomic E-state index is -0.0336.